The highest BCUT2D eigenvalue weighted by Gasteiger charge is 2.63. The number of hydrogen-bond donors (Lipinski definition) is 4. The summed E-state index contributed by atoms with van der Waals surface area (Å²) in [5, 5.41) is 26.3. The maximum atomic E-state index is 12.8. The van der Waals surface area contributed by atoms with Crippen LogP contribution in [-0.4, -0.2) is 33.3 Å². The predicted octanol–water partition coefficient (Wildman–Crippen LogP) is 6.51. The van der Waals surface area contributed by atoms with Gasteiger partial charge in [-0.2, -0.15) is 0 Å². The lowest BCUT2D eigenvalue weighted by Gasteiger charge is -2.62. The average Bonchev–Trinajstić information content (AvgIpc) is 3.48. The third-order valence-corrected chi connectivity index (χ3v) is 12.2. The summed E-state index contributed by atoms with van der Waals surface area (Å²) in [5.74, 6) is 3.44. The molecule has 0 spiro atoms. The Balaban J connectivity index is 1.11. The van der Waals surface area contributed by atoms with E-state index >= 15 is 0 Å². The molecule has 2 aromatic rings. The molecule has 0 saturated heterocycles. The van der Waals surface area contributed by atoms with E-state index in [9.17, 15) is 15.0 Å². The lowest BCUT2D eigenvalue weighted by molar-refractivity contribution is -0.174. The van der Waals surface area contributed by atoms with Gasteiger partial charge in [0.05, 0.1) is 12.2 Å². The van der Waals surface area contributed by atoms with E-state index in [2.05, 4.69) is 31.1 Å². The van der Waals surface area contributed by atoms with Crippen LogP contribution in [0.5, 0.6) is 0 Å². The van der Waals surface area contributed by atoms with Crippen molar-refractivity contribution >= 4 is 22.5 Å². The van der Waals surface area contributed by atoms with Gasteiger partial charge in [0.1, 0.15) is 0 Å². The fraction of sp³-hybridized carbons (Fsp3) is 0.719. The number of hydrogen-bond acceptors (Lipinski definition) is 3. The Hall–Kier alpha value is -1.85. The molecule has 1 aromatic heterocycles. The topological polar surface area (TPSA) is 85.4 Å². The highest BCUT2D eigenvalue weighted by Crippen LogP contribution is 2.68. The zero-order chi connectivity index (χ0) is 25.9. The molecule has 4 saturated carbocycles. The molecule has 4 aliphatic rings. The quantitative estimate of drug-likeness (QED) is 0.373. The number of aliphatic hydroxyl groups excluding tert-OH is 2. The second-order valence-electron chi connectivity index (χ2n) is 13.7. The summed E-state index contributed by atoms with van der Waals surface area (Å²) < 4.78 is 0. The molecule has 0 aliphatic heterocycles. The van der Waals surface area contributed by atoms with Crippen LogP contribution in [-0.2, 0) is 4.79 Å². The van der Waals surface area contributed by atoms with Gasteiger partial charge in [-0.1, -0.05) is 26.8 Å². The Kier molecular flexibility index (Phi) is 6.47. The Bertz CT molecular complexity index is 1140. The van der Waals surface area contributed by atoms with Gasteiger partial charge in [-0.15, -0.1) is 0 Å². The van der Waals surface area contributed by atoms with Gasteiger partial charge < -0.3 is 20.5 Å². The zero-order valence-corrected chi connectivity index (χ0v) is 22.9. The van der Waals surface area contributed by atoms with Crippen LogP contribution in [0.25, 0.3) is 10.9 Å². The Morgan fingerprint density at radius 3 is 2.76 bits per heavy atom. The third-order valence-electron chi connectivity index (χ3n) is 12.2. The summed E-state index contributed by atoms with van der Waals surface area (Å²) in [5.41, 5.74) is 2.10. The summed E-state index contributed by atoms with van der Waals surface area (Å²) in [4.78, 5) is 16.0. The highest BCUT2D eigenvalue weighted by molar-refractivity contribution is 5.93. The van der Waals surface area contributed by atoms with Crippen molar-refractivity contribution in [3.63, 3.8) is 0 Å². The van der Waals surface area contributed by atoms with Crippen molar-refractivity contribution in [3.05, 3.63) is 30.5 Å². The molecule has 1 amide bonds. The first-order valence-electron chi connectivity index (χ1n) is 14.9. The maximum Gasteiger partial charge on any atom is 0.224 e. The maximum absolute atomic E-state index is 12.8. The third kappa shape index (κ3) is 4.16. The van der Waals surface area contributed by atoms with E-state index in [0.29, 0.717) is 41.9 Å². The molecule has 5 nitrogen and oxygen atoms in total. The zero-order valence-electron chi connectivity index (χ0n) is 22.9. The van der Waals surface area contributed by atoms with Crippen molar-refractivity contribution in [3.8, 4) is 0 Å². The van der Waals surface area contributed by atoms with Crippen molar-refractivity contribution in [1.82, 2.24) is 4.98 Å². The van der Waals surface area contributed by atoms with Gasteiger partial charge in [0.15, 0.2) is 0 Å². The number of aromatic amines is 1. The minimum atomic E-state index is -0.266. The standard InChI is InChI=1S/C32H46N2O3/c1-19(4-11-30(37)34-22-7-5-20-13-15-33-28(20)17-22)25-9-10-26-24-8-6-21-16-23(35)12-14-31(21,2)27(24)18-29(36)32(25,26)3/h5,7,13,15,17,19,21,23-27,29,33,35-36H,4,6,8-12,14,16,18H2,1-3H3,(H,34,37). The Morgan fingerprint density at radius 2 is 1.92 bits per heavy atom. The van der Waals surface area contributed by atoms with Crippen LogP contribution in [0.15, 0.2) is 30.5 Å². The molecule has 1 heterocycles. The summed E-state index contributed by atoms with van der Waals surface area (Å²) in [7, 11) is 0. The van der Waals surface area contributed by atoms with Gasteiger partial charge in [0, 0.05) is 23.8 Å². The average molecular weight is 507 g/mol. The van der Waals surface area contributed by atoms with Crippen molar-refractivity contribution in [2.75, 3.05) is 5.32 Å². The number of benzene rings is 1. The first kappa shape index (κ1) is 25.4. The van der Waals surface area contributed by atoms with Crippen LogP contribution in [0.2, 0.25) is 0 Å². The number of nitrogens with one attached hydrogen (secondary N) is 2. The molecule has 37 heavy (non-hydrogen) atoms. The second-order valence-corrected chi connectivity index (χ2v) is 13.7. The molecule has 4 N–H and O–H groups in total. The lowest BCUT2D eigenvalue weighted by Crippen LogP contribution is -2.58. The number of fused-ring (bicyclic) bond motifs is 6. The summed E-state index contributed by atoms with van der Waals surface area (Å²) in [6, 6.07) is 8.03. The molecule has 4 fully saturated rings. The van der Waals surface area contributed by atoms with Gasteiger partial charge >= 0.3 is 0 Å². The molecule has 5 heteroatoms. The molecule has 4 aliphatic carbocycles. The monoisotopic (exact) mass is 506 g/mol. The Labute approximate surface area is 221 Å². The van der Waals surface area contributed by atoms with E-state index in [1.54, 1.807) is 0 Å². The first-order valence-corrected chi connectivity index (χ1v) is 14.9. The van der Waals surface area contributed by atoms with Crippen LogP contribution < -0.4 is 5.32 Å². The highest BCUT2D eigenvalue weighted by atomic mass is 16.3. The lowest BCUT2D eigenvalue weighted by atomic mass is 9.43. The summed E-state index contributed by atoms with van der Waals surface area (Å²) in [6.45, 7) is 7.19. The fourth-order valence-corrected chi connectivity index (χ4v) is 10.1. The largest absolute Gasteiger partial charge is 0.393 e. The van der Waals surface area contributed by atoms with Crippen molar-refractivity contribution in [2.45, 2.75) is 97.2 Å². The Morgan fingerprint density at radius 1 is 1.08 bits per heavy atom. The van der Waals surface area contributed by atoms with Crippen molar-refractivity contribution < 1.29 is 15.0 Å². The summed E-state index contributed by atoms with van der Waals surface area (Å²) in [6.07, 6.45) is 11.7. The molecule has 10 atom stereocenters. The predicted molar refractivity (Wildman–Crippen MR) is 148 cm³/mol. The van der Waals surface area contributed by atoms with Crippen LogP contribution in [0, 0.1) is 46.3 Å². The minimum Gasteiger partial charge on any atom is -0.393 e. The van der Waals surface area contributed by atoms with Crippen LogP contribution in [0.3, 0.4) is 0 Å². The van der Waals surface area contributed by atoms with E-state index in [4.69, 9.17) is 0 Å². The number of carbonyl (C=O) groups excluding carboxylic acids is 1. The van der Waals surface area contributed by atoms with Gasteiger partial charge in [-0.05, 0) is 128 Å². The van der Waals surface area contributed by atoms with Gasteiger partial charge in [0.25, 0.3) is 0 Å². The van der Waals surface area contributed by atoms with E-state index in [1.807, 2.05) is 30.5 Å². The van der Waals surface area contributed by atoms with Crippen molar-refractivity contribution in [1.29, 1.82) is 0 Å². The van der Waals surface area contributed by atoms with Crippen LogP contribution >= 0.6 is 0 Å². The SMILES string of the molecule is CC(CCC(=O)Nc1ccc2cc[nH]c2c1)C1CCC2C3CCC4CC(O)CCC4(C)C3CC(O)C12C. The molecule has 1 aromatic carbocycles. The van der Waals surface area contributed by atoms with Gasteiger partial charge in [-0.25, -0.2) is 0 Å². The number of anilines is 1. The molecular formula is C32H46N2O3. The normalized spacial score (nSPS) is 42.0. The number of amides is 1. The number of aliphatic hydroxyl groups is 2. The molecule has 202 valence electrons. The second kappa shape index (κ2) is 9.41. The van der Waals surface area contributed by atoms with E-state index in [1.165, 1.54) is 25.7 Å². The van der Waals surface area contributed by atoms with Gasteiger partial charge in [-0.3, -0.25) is 4.79 Å². The van der Waals surface area contributed by atoms with Crippen LogP contribution in [0.1, 0.15) is 85.0 Å². The van der Waals surface area contributed by atoms with E-state index in [0.717, 1.165) is 48.7 Å². The summed E-state index contributed by atoms with van der Waals surface area (Å²) >= 11 is 0. The van der Waals surface area contributed by atoms with E-state index < -0.39 is 0 Å². The number of aromatic nitrogens is 1. The number of carbonyl (C=O) groups is 1. The number of H-pyrrole nitrogens is 1. The minimum absolute atomic E-state index is 0.0485. The molecule has 0 bridgehead atoms. The number of rotatable bonds is 5. The molecule has 6 rings (SSSR count). The van der Waals surface area contributed by atoms with Crippen molar-refractivity contribution in [2.24, 2.45) is 46.3 Å². The molecule has 10 unspecified atom stereocenters. The van der Waals surface area contributed by atoms with Crippen LogP contribution in [0.4, 0.5) is 5.69 Å². The smallest absolute Gasteiger partial charge is 0.224 e. The fourth-order valence-electron chi connectivity index (χ4n) is 10.1. The first-order chi connectivity index (χ1) is 17.7. The van der Waals surface area contributed by atoms with E-state index in [-0.39, 0.29) is 28.9 Å². The van der Waals surface area contributed by atoms with Gasteiger partial charge in [0.2, 0.25) is 5.91 Å². The molecule has 0 radical (unpaired) electrons. The molecular weight excluding hydrogens is 460 g/mol.